The molecule has 1 heterocycles. The topological polar surface area (TPSA) is 78.9 Å². The van der Waals surface area contributed by atoms with Crippen LogP contribution in [-0.2, 0) is 11.2 Å². The fourth-order valence-corrected chi connectivity index (χ4v) is 4.33. The van der Waals surface area contributed by atoms with Crippen LogP contribution in [0.4, 0.5) is 4.39 Å². The number of halogens is 1. The van der Waals surface area contributed by atoms with Crippen LogP contribution < -0.4 is 10.1 Å². The zero-order valence-corrected chi connectivity index (χ0v) is 21.6. The highest BCUT2D eigenvalue weighted by Crippen LogP contribution is 2.32. The van der Waals surface area contributed by atoms with Gasteiger partial charge in [-0.15, -0.1) is 0 Å². The minimum absolute atomic E-state index is 0.0467. The molecule has 0 aromatic heterocycles. The summed E-state index contributed by atoms with van der Waals surface area (Å²) in [6.07, 6.45) is 2.95. The van der Waals surface area contributed by atoms with Crippen molar-refractivity contribution in [3.05, 3.63) is 70.5 Å². The maximum Gasteiger partial charge on any atom is 0.251 e. The van der Waals surface area contributed by atoms with Crippen LogP contribution in [0.5, 0.6) is 5.75 Å². The number of rotatable bonds is 11. The number of benzene rings is 2. The Labute approximate surface area is 213 Å². The van der Waals surface area contributed by atoms with Crippen LogP contribution in [0.25, 0.3) is 5.57 Å². The van der Waals surface area contributed by atoms with Crippen LogP contribution in [0.1, 0.15) is 53.7 Å². The van der Waals surface area contributed by atoms with Gasteiger partial charge in [0.2, 0.25) is 0 Å². The largest absolute Gasteiger partial charge is 0.493 e. The molecule has 1 amide bonds. The van der Waals surface area contributed by atoms with Crippen molar-refractivity contribution in [2.75, 3.05) is 33.3 Å². The van der Waals surface area contributed by atoms with E-state index in [2.05, 4.69) is 10.2 Å². The first-order valence-electron chi connectivity index (χ1n) is 12.5. The quantitative estimate of drug-likeness (QED) is 0.488. The third-order valence-corrected chi connectivity index (χ3v) is 6.66. The standard InChI is InChI=1S/C29H37FN2O4/c1-19(2)27(34)17-23-16-22(9-8-20(23)3)29(35)31-13-10-24(33)18-32-14-11-21(12-15-32)25-6-5-7-26(30)28(25)36-4/h5-9,11,16,19,24,33H,10,12-15,17-18H2,1-4H3,(H,31,35). The molecule has 1 unspecified atom stereocenters. The van der Waals surface area contributed by atoms with Crippen molar-refractivity contribution in [2.24, 2.45) is 5.92 Å². The van der Waals surface area contributed by atoms with Crippen LogP contribution in [0, 0.1) is 18.7 Å². The van der Waals surface area contributed by atoms with Crippen LogP contribution in [0.2, 0.25) is 0 Å². The van der Waals surface area contributed by atoms with Gasteiger partial charge in [0.05, 0.1) is 13.2 Å². The average Bonchev–Trinajstić information content (AvgIpc) is 2.85. The molecule has 1 aliphatic rings. The summed E-state index contributed by atoms with van der Waals surface area (Å²) >= 11 is 0. The van der Waals surface area contributed by atoms with Crippen molar-refractivity contribution >= 4 is 17.3 Å². The Bertz CT molecular complexity index is 1110. The monoisotopic (exact) mass is 496 g/mol. The van der Waals surface area contributed by atoms with Gasteiger partial charge in [-0.1, -0.05) is 38.1 Å². The molecular weight excluding hydrogens is 459 g/mol. The van der Waals surface area contributed by atoms with Crippen molar-refractivity contribution in [2.45, 2.75) is 46.1 Å². The summed E-state index contributed by atoms with van der Waals surface area (Å²) in [5.41, 5.74) is 4.19. The molecule has 0 bridgehead atoms. The number of carbonyl (C=O) groups is 2. The smallest absolute Gasteiger partial charge is 0.251 e. The van der Waals surface area contributed by atoms with Crippen molar-refractivity contribution < 1.29 is 23.8 Å². The lowest BCUT2D eigenvalue weighted by atomic mass is 9.96. The number of para-hydroxylation sites is 1. The van der Waals surface area contributed by atoms with Crippen molar-refractivity contribution in [1.29, 1.82) is 0 Å². The summed E-state index contributed by atoms with van der Waals surface area (Å²) < 4.78 is 19.3. The highest BCUT2D eigenvalue weighted by molar-refractivity contribution is 5.95. The molecule has 7 heteroatoms. The minimum atomic E-state index is -0.582. The lowest BCUT2D eigenvalue weighted by Gasteiger charge is -2.28. The normalized spacial score (nSPS) is 14.9. The molecule has 1 aliphatic heterocycles. The number of hydrogen-bond acceptors (Lipinski definition) is 5. The van der Waals surface area contributed by atoms with Crippen LogP contribution in [0.3, 0.4) is 0 Å². The second-order valence-electron chi connectivity index (χ2n) is 9.70. The number of aliphatic hydroxyl groups excluding tert-OH is 1. The van der Waals surface area contributed by atoms with E-state index in [-0.39, 0.29) is 29.2 Å². The first-order chi connectivity index (χ1) is 17.2. The van der Waals surface area contributed by atoms with Crippen molar-refractivity contribution in [1.82, 2.24) is 10.2 Å². The van der Waals surface area contributed by atoms with Gasteiger partial charge in [0, 0.05) is 49.6 Å². The Morgan fingerprint density at radius 2 is 2.00 bits per heavy atom. The molecule has 0 saturated carbocycles. The Balaban J connectivity index is 1.47. The molecule has 2 aromatic carbocycles. The fourth-order valence-electron chi connectivity index (χ4n) is 4.33. The Hall–Kier alpha value is -3.03. The minimum Gasteiger partial charge on any atom is -0.493 e. The number of methoxy groups -OCH3 is 1. The van der Waals surface area contributed by atoms with Gasteiger partial charge in [-0.05, 0) is 54.7 Å². The summed E-state index contributed by atoms with van der Waals surface area (Å²) in [6, 6.07) is 10.3. The zero-order chi connectivity index (χ0) is 26.2. The zero-order valence-electron chi connectivity index (χ0n) is 21.6. The maximum atomic E-state index is 14.0. The fraction of sp³-hybridized carbons (Fsp3) is 0.448. The number of nitrogens with one attached hydrogen (secondary N) is 1. The molecule has 0 radical (unpaired) electrons. The first kappa shape index (κ1) is 27.6. The molecule has 1 atom stereocenters. The second kappa shape index (κ2) is 12.8. The number of aliphatic hydroxyl groups is 1. The van der Waals surface area contributed by atoms with E-state index >= 15 is 0 Å². The Kier molecular flexibility index (Phi) is 9.79. The van der Waals surface area contributed by atoms with Crippen molar-refractivity contribution in [3.8, 4) is 5.75 Å². The van der Waals surface area contributed by atoms with Crippen LogP contribution in [-0.4, -0.2) is 61.1 Å². The highest BCUT2D eigenvalue weighted by atomic mass is 19.1. The van der Waals surface area contributed by atoms with Gasteiger partial charge in [0.1, 0.15) is 5.78 Å². The number of ketones is 1. The number of Topliss-reactive ketones (excluding diaryl/α,β-unsaturated/α-hetero) is 1. The van der Waals surface area contributed by atoms with E-state index in [0.29, 0.717) is 38.0 Å². The van der Waals surface area contributed by atoms with E-state index in [4.69, 9.17) is 4.74 Å². The number of amides is 1. The van der Waals surface area contributed by atoms with Crippen molar-refractivity contribution in [3.63, 3.8) is 0 Å². The van der Waals surface area contributed by atoms with Gasteiger partial charge in [0.15, 0.2) is 11.6 Å². The molecule has 36 heavy (non-hydrogen) atoms. The summed E-state index contributed by atoms with van der Waals surface area (Å²) in [5, 5.41) is 13.4. The average molecular weight is 497 g/mol. The van der Waals surface area contributed by atoms with E-state index in [9.17, 15) is 19.1 Å². The maximum absolute atomic E-state index is 14.0. The molecule has 0 fully saturated rings. The predicted octanol–water partition coefficient (Wildman–Crippen LogP) is 4.18. The molecule has 6 nitrogen and oxygen atoms in total. The predicted molar refractivity (Wildman–Crippen MR) is 140 cm³/mol. The number of ether oxygens (including phenoxy) is 1. The molecule has 3 rings (SSSR count). The van der Waals surface area contributed by atoms with Gasteiger partial charge >= 0.3 is 0 Å². The van der Waals surface area contributed by atoms with E-state index in [1.165, 1.54) is 13.2 Å². The molecule has 2 aromatic rings. The summed E-state index contributed by atoms with van der Waals surface area (Å²) in [6.45, 7) is 7.93. The first-order valence-corrected chi connectivity index (χ1v) is 12.5. The third kappa shape index (κ3) is 7.24. The van der Waals surface area contributed by atoms with Gasteiger partial charge in [-0.2, -0.15) is 0 Å². The number of β-amino-alcohol motifs (C(OH)–C–C–N with tert-alkyl or cyclic N) is 1. The number of hydrogen-bond donors (Lipinski definition) is 2. The van der Waals surface area contributed by atoms with Gasteiger partial charge in [0.25, 0.3) is 5.91 Å². The lowest BCUT2D eigenvalue weighted by Crippen LogP contribution is -2.37. The second-order valence-corrected chi connectivity index (χ2v) is 9.70. The molecule has 0 saturated heterocycles. The molecule has 2 N–H and O–H groups in total. The van der Waals surface area contributed by atoms with E-state index in [1.807, 2.05) is 39.0 Å². The Morgan fingerprint density at radius 3 is 2.67 bits per heavy atom. The van der Waals surface area contributed by atoms with Gasteiger partial charge in [-0.3, -0.25) is 14.5 Å². The van der Waals surface area contributed by atoms with E-state index in [1.54, 1.807) is 18.2 Å². The number of aryl methyl sites for hydroxylation is 1. The molecule has 0 aliphatic carbocycles. The molecular formula is C29H37FN2O4. The van der Waals surface area contributed by atoms with Gasteiger partial charge in [-0.25, -0.2) is 4.39 Å². The Morgan fingerprint density at radius 1 is 1.22 bits per heavy atom. The SMILES string of the molecule is COc1c(F)cccc1C1=CCN(CC(O)CCNC(=O)c2ccc(C)c(CC(=O)C(C)C)c2)CC1. The molecule has 0 spiro atoms. The van der Waals surface area contributed by atoms with Crippen LogP contribution in [0.15, 0.2) is 42.5 Å². The van der Waals surface area contributed by atoms with Crippen LogP contribution >= 0.6 is 0 Å². The van der Waals surface area contributed by atoms with Gasteiger partial charge < -0.3 is 15.2 Å². The third-order valence-electron chi connectivity index (χ3n) is 6.66. The van der Waals surface area contributed by atoms with E-state index < -0.39 is 6.10 Å². The summed E-state index contributed by atoms with van der Waals surface area (Å²) in [4.78, 5) is 26.9. The number of carbonyl (C=O) groups excluding carboxylic acids is 2. The summed E-state index contributed by atoms with van der Waals surface area (Å²) in [7, 11) is 1.47. The number of nitrogens with zero attached hydrogens (tertiary/aromatic N) is 1. The van der Waals surface area contributed by atoms with E-state index in [0.717, 1.165) is 35.2 Å². The lowest BCUT2D eigenvalue weighted by molar-refractivity contribution is -0.121. The summed E-state index contributed by atoms with van der Waals surface area (Å²) in [5.74, 6) is -0.222. The molecule has 194 valence electrons. The highest BCUT2D eigenvalue weighted by Gasteiger charge is 2.20.